The number of fused-ring (bicyclic) bond motifs is 1. The predicted molar refractivity (Wildman–Crippen MR) is 124 cm³/mol. The second kappa shape index (κ2) is 7.24. The summed E-state index contributed by atoms with van der Waals surface area (Å²) in [6.45, 7) is 2.02. The fourth-order valence-electron chi connectivity index (χ4n) is 3.87. The minimum absolute atomic E-state index is 0.706. The molecule has 5 aromatic heterocycles. The van der Waals surface area contributed by atoms with Crippen molar-refractivity contribution in [3.63, 3.8) is 0 Å². The van der Waals surface area contributed by atoms with Crippen LogP contribution in [0, 0.1) is 6.92 Å². The smallest absolute Gasteiger partial charge is 0.167 e. The Bertz CT molecular complexity index is 1540. The fourth-order valence-corrected chi connectivity index (χ4v) is 5.01. The van der Waals surface area contributed by atoms with Gasteiger partial charge in [-0.1, -0.05) is 30.3 Å². The van der Waals surface area contributed by atoms with Crippen LogP contribution in [0.1, 0.15) is 5.69 Å². The van der Waals surface area contributed by atoms with E-state index in [1.54, 1.807) is 16.0 Å². The van der Waals surface area contributed by atoms with Crippen molar-refractivity contribution < 1.29 is 0 Å². The summed E-state index contributed by atoms with van der Waals surface area (Å²) in [5, 5.41) is 17.0. The van der Waals surface area contributed by atoms with E-state index in [-0.39, 0.29) is 0 Å². The summed E-state index contributed by atoms with van der Waals surface area (Å²) in [5.74, 6) is 0.706. The van der Waals surface area contributed by atoms with Crippen LogP contribution in [-0.2, 0) is 7.05 Å². The molecule has 0 aliphatic carbocycles. The van der Waals surface area contributed by atoms with E-state index >= 15 is 0 Å². The van der Waals surface area contributed by atoms with Gasteiger partial charge in [-0.25, -0.2) is 14.5 Å². The molecule has 9 heteroatoms. The van der Waals surface area contributed by atoms with Gasteiger partial charge < -0.3 is 0 Å². The molecule has 0 saturated heterocycles. The number of nitrogens with one attached hydrogen (secondary N) is 1. The van der Waals surface area contributed by atoms with Gasteiger partial charge in [-0.3, -0.25) is 9.78 Å². The maximum Gasteiger partial charge on any atom is 0.167 e. The first-order chi connectivity index (χ1) is 15.7. The Morgan fingerprint density at radius 2 is 1.91 bits per heavy atom. The molecule has 0 saturated carbocycles. The Balaban J connectivity index is 1.57. The SMILES string of the molecule is Cc1nn2ccc(-c3cnn(C)c3)cc2c1-c1nc(-c2ccccc2)c(-c2ncn[nH]2)s1. The second-order valence-corrected chi connectivity index (χ2v) is 8.50. The van der Waals surface area contributed by atoms with Crippen LogP contribution >= 0.6 is 11.3 Å². The van der Waals surface area contributed by atoms with E-state index in [1.165, 1.54) is 6.33 Å². The number of aromatic amines is 1. The Morgan fingerprint density at radius 1 is 1.03 bits per heavy atom. The molecule has 0 aliphatic heterocycles. The van der Waals surface area contributed by atoms with Crippen molar-refractivity contribution in [2.45, 2.75) is 6.92 Å². The van der Waals surface area contributed by atoms with Crippen molar-refractivity contribution in [3.8, 4) is 43.7 Å². The van der Waals surface area contributed by atoms with Crippen LogP contribution < -0.4 is 0 Å². The Kier molecular flexibility index (Phi) is 4.22. The first-order valence-electron chi connectivity index (χ1n) is 10.1. The van der Waals surface area contributed by atoms with E-state index in [9.17, 15) is 0 Å². The van der Waals surface area contributed by atoms with Gasteiger partial charge in [-0.05, 0) is 24.6 Å². The normalized spacial score (nSPS) is 11.4. The van der Waals surface area contributed by atoms with E-state index in [4.69, 9.17) is 10.1 Å². The molecule has 1 N–H and O–H groups in total. The summed E-state index contributed by atoms with van der Waals surface area (Å²) in [4.78, 5) is 10.4. The summed E-state index contributed by atoms with van der Waals surface area (Å²) in [6.07, 6.45) is 7.38. The minimum Gasteiger partial charge on any atom is -0.275 e. The average molecular weight is 439 g/mol. The third-order valence-electron chi connectivity index (χ3n) is 5.37. The van der Waals surface area contributed by atoms with Crippen LogP contribution in [0.3, 0.4) is 0 Å². The maximum absolute atomic E-state index is 5.06. The summed E-state index contributed by atoms with van der Waals surface area (Å²) in [5.41, 5.74) is 7.00. The molecule has 0 fully saturated rings. The summed E-state index contributed by atoms with van der Waals surface area (Å²) < 4.78 is 3.71. The standard InChI is InChI=1S/C23H18N8S/c1-14-19(18-10-16(8-9-31(18)29-14)17-11-26-30(2)12-17)23-27-20(15-6-4-3-5-7-15)21(32-23)22-24-13-25-28-22/h3-13H,1-2H3,(H,24,25,28). The first-order valence-corrected chi connectivity index (χ1v) is 10.9. The van der Waals surface area contributed by atoms with Crippen LogP contribution in [-0.4, -0.2) is 39.6 Å². The number of aromatic nitrogens is 8. The Morgan fingerprint density at radius 3 is 2.66 bits per heavy atom. The highest BCUT2D eigenvalue weighted by Crippen LogP contribution is 2.41. The topological polar surface area (TPSA) is 89.6 Å². The van der Waals surface area contributed by atoms with Gasteiger partial charge in [0.2, 0.25) is 0 Å². The molecule has 6 rings (SSSR count). The predicted octanol–water partition coefficient (Wildman–Crippen LogP) is 4.62. The molecule has 0 atom stereocenters. The maximum atomic E-state index is 5.06. The van der Waals surface area contributed by atoms with Gasteiger partial charge in [0.1, 0.15) is 11.3 Å². The lowest BCUT2D eigenvalue weighted by molar-refractivity contribution is 0.768. The molecule has 6 aromatic rings. The summed E-state index contributed by atoms with van der Waals surface area (Å²) in [7, 11) is 1.92. The van der Waals surface area contributed by atoms with Crippen molar-refractivity contribution in [3.05, 3.63) is 73.1 Å². The van der Waals surface area contributed by atoms with Crippen LogP contribution in [0.2, 0.25) is 0 Å². The number of pyridine rings is 1. The summed E-state index contributed by atoms with van der Waals surface area (Å²) >= 11 is 1.59. The number of rotatable bonds is 4. The molecule has 0 amide bonds. The van der Waals surface area contributed by atoms with Gasteiger partial charge in [-0.2, -0.15) is 15.3 Å². The highest BCUT2D eigenvalue weighted by Gasteiger charge is 2.22. The van der Waals surface area contributed by atoms with Crippen LogP contribution in [0.15, 0.2) is 67.4 Å². The summed E-state index contributed by atoms with van der Waals surface area (Å²) in [6, 6.07) is 14.3. The lowest BCUT2D eigenvalue weighted by Gasteiger charge is -2.01. The van der Waals surface area contributed by atoms with E-state index in [0.717, 1.165) is 49.0 Å². The molecule has 156 valence electrons. The number of benzene rings is 1. The van der Waals surface area contributed by atoms with Crippen molar-refractivity contribution in [2.24, 2.45) is 7.05 Å². The van der Waals surface area contributed by atoms with E-state index < -0.39 is 0 Å². The van der Waals surface area contributed by atoms with Crippen molar-refractivity contribution in [1.29, 1.82) is 0 Å². The average Bonchev–Trinajstić information content (AvgIpc) is 3.59. The number of thiazole rings is 1. The lowest BCUT2D eigenvalue weighted by Crippen LogP contribution is -1.87. The molecular formula is C23H18N8S. The quantitative estimate of drug-likeness (QED) is 0.434. The van der Waals surface area contributed by atoms with Gasteiger partial charge in [-0.15, -0.1) is 11.3 Å². The minimum atomic E-state index is 0.706. The molecule has 8 nitrogen and oxygen atoms in total. The van der Waals surface area contributed by atoms with E-state index in [1.807, 2.05) is 55.3 Å². The van der Waals surface area contributed by atoms with Gasteiger partial charge in [0, 0.05) is 30.6 Å². The third kappa shape index (κ3) is 3.02. The van der Waals surface area contributed by atoms with E-state index in [2.05, 4.69) is 44.5 Å². The molecule has 0 bridgehead atoms. The van der Waals surface area contributed by atoms with Crippen molar-refractivity contribution >= 4 is 16.9 Å². The zero-order valence-electron chi connectivity index (χ0n) is 17.4. The zero-order chi connectivity index (χ0) is 21.7. The van der Waals surface area contributed by atoms with Crippen LogP contribution in [0.5, 0.6) is 0 Å². The molecule has 0 spiro atoms. The monoisotopic (exact) mass is 438 g/mol. The molecular weight excluding hydrogens is 420 g/mol. The molecule has 5 heterocycles. The molecule has 0 aliphatic rings. The first kappa shape index (κ1) is 18.6. The Hall–Kier alpha value is -4.11. The molecule has 1 aromatic carbocycles. The fraction of sp³-hybridized carbons (Fsp3) is 0.0870. The van der Waals surface area contributed by atoms with Crippen LogP contribution in [0.4, 0.5) is 0 Å². The second-order valence-electron chi connectivity index (χ2n) is 7.51. The van der Waals surface area contributed by atoms with Gasteiger partial charge in [0.25, 0.3) is 0 Å². The van der Waals surface area contributed by atoms with Gasteiger partial charge in [0.05, 0.1) is 33.5 Å². The van der Waals surface area contributed by atoms with Gasteiger partial charge in [0.15, 0.2) is 5.82 Å². The van der Waals surface area contributed by atoms with Crippen LogP contribution in [0.25, 0.3) is 49.2 Å². The highest BCUT2D eigenvalue weighted by atomic mass is 32.1. The number of hydrogen-bond donors (Lipinski definition) is 1. The molecule has 0 unspecified atom stereocenters. The van der Waals surface area contributed by atoms with E-state index in [0.29, 0.717) is 5.82 Å². The highest BCUT2D eigenvalue weighted by molar-refractivity contribution is 7.19. The number of hydrogen-bond acceptors (Lipinski definition) is 6. The Labute approximate surface area is 187 Å². The zero-order valence-corrected chi connectivity index (χ0v) is 18.2. The number of H-pyrrole nitrogens is 1. The molecule has 0 radical (unpaired) electrons. The number of aryl methyl sites for hydroxylation is 2. The largest absolute Gasteiger partial charge is 0.275 e. The van der Waals surface area contributed by atoms with Crippen molar-refractivity contribution in [1.82, 2.24) is 39.6 Å². The molecule has 32 heavy (non-hydrogen) atoms. The third-order valence-corrected chi connectivity index (χ3v) is 6.45. The number of nitrogens with zero attached hydrogens (tertiary/aromatic N) is 7. The lowest BCUT2D eigenvalue weighted by atomic mass is 10.1. The van der Waals surface area contributed by atoms with Crippen molar-refractivity contribution in [2.75, 3.05) is 0 Å². The van der Waals surface area contributed by atoms with Gasteiger partial charge >= 0.3 is 0 Å².